The van der Waals surface area contributed by atoms with Gasteiger partial charge in [-0.25, -0.2) is 0 Å². The van der Waals surface area contributed by atoms with Crippen LogP contribution in [0.2, 0.25) is 0 Å². The van der Waals surface area contributed by atoms with E-state index in [-0.39, 0.29) is 24.9 Å². The largest absolute Gasteiger partial charge is 0.459 e. The first-order valence-electron chi connectivity index (χ1n) is 8.17. The molecule has 3 aromatic rings. The summed E-state index contributed by atoms with van der Waals surface area (Å²) in [5, 5.41) is 5.32. The van der Waals surface area contributed by atoms with Crippen molar-refractivity contribution in [3.63, 3.8) is 0 Å². The molecule has 5 nitrogen and oxygen atoms in total. The Bertz CT molecular complexity index is 952. The van der Waals surface area contributed by atoms with E-state index in [1.165, 1.54) is 0 Å². The highest BCUT2D eigenvalue weighted by molar-refractivity contribution is 9.10. The van der Waals surface area contributed by atoms with Crippen molar-refractivity contribution in [3.05, 3.63) is 80.9 Å². The number of carbonyl (C=O) groups excluding carboxylic acids is 2. The van der Waals surface area contributed by atoms with Gasteiger partial charge in [0.15, 0.2) is 0 Å². The smallest absolute Gasteiger partial charge is 0.252 e. The fourth-order valence-corrected chi connectivity index (χ4v) is 3.12. The lowest BCUT2D eigenvalue weighted by atomic mass is 10.2. The Morgan fingerprint density at radius 2 is 1.63 bits per heavy atom. The van der Waals surface area contributed by atoms with Crippen LogP contribution >= 0.6 is 31.9 Å². The van der Waals surface area contributed by atoms with Crippen molar-refractivity contribution in [2.24, 2.45) is 0 Å². The zero-order valence-corrected chi connectivity index (χ0v) is 17.3. The maximum Gasteiger partial charge on any atom is 0.252 e. The molecule has 138 valence electrons. The number of hydrogen-bond donors (Lipinski definition) is 2. The zero-order valence-electron chi connectivity index (χ0n) is 14.2. The van der Waals surface area contributed by atoms with E-state index in [9.17, 15) is 9.59 Å². The number of rotatable bonds is 6. The Kier molecular flexibility index (Phi) is 6.47. The molecular weight excluding hydrogens is 476 g/mol. The van der Waals surface area contributed by atoms with Crippen molar-refractivity contribution in [2.75, 3.05) is 6.54 Å². The van der Waals surface area contributed by atoms with Crippen LogP contribution in [0.1, 0.15) is 16.1 Å². The third-order valence-electron chi connectivity index (χ3n) is 3.78. The maximum absolute atomic E-state index is 12.1. The summed E-state index contributed by atoms with van der Waals surface area (Å²) in [5.41, 5.74) is 1.44. The first-order valence-corrected chi connectivity index (χ1v) is 9.75. The molecule has 2 amide bonds. The predicted molar refractivity (Wildman–Crippen MR) is 110 cm³/mol. The van der Waals surface area contributed by atoms with Crippen LogP contribution in [0.15, 0.2) is 74.0 Å². The molecule has 0 unspecified atom stereocenters. The van der Waals surface area contributed by atoms with Crippen LogP contribution in [0.5, 0.6) is 0 Å². The average Bonchev–Trinajstić information content (AvgIpc) is 3.14. The van der Waals surface area contributed by atoms with E-state index in [1.807, 2.05) is 42.5 Å². The summed E-state index contributed by atoms with van der Waals surface area (Å²) in [6.45, 7) is 0.140. The third kappa shape index (κ3) is 5.30. The fraction of sp³-hybridized carbons (Fsp3) is 0.100. The van der Waals surface area contributed by atoms with Crippen LogP contribution in [0.25, 0.3) is 11.3 Å². The summed E-state index contributed by atoms with van der Waals surface area (Å²) >= 11 is 6.71. The van der Waals surface area contributed by atoms with Crippen molar-refractivity contribution < 1.29 is 14.0 Å². The number of furan rings is 1. The predicted octanol–water partition coefficient (Wildman–Crippen LogP) is 4.52. The summed E-state index contributed by atoms with van der Waals surface area (Å²) in [4.78, 5) is 24.1. The quantitative estimate of drug-likeness (QED) is 0.532. The molecule has 0 spiro atoms. The average molecular weight is 492 g/mol. The van der Waals surface area contributed by atoms with Crippen LogP contribution < -0.4 is 10.6 Å². The molecule has 0 saturated heterocycles. The summed E-state index contributed by atoms with van der Waals surface area (Å²) in [7, 11) is 0. The van der Waals surface area contributed by atoms with Gasteiger partial charge in [0.1, 0.15) is 11.5 Å². The van der Waals surface area contributed by atoms with E-state index in [1.54, 1.807) is 18.2 Å². The minimum absolute atomic E-state index is 0.111. The van der Waals surface area contributed by atoms with Gasteiger partial charge in [0.25, 0.3) is 5.91 Å². The molecule has 2 N–H and O–H groups in total. The van der Waals surface area contributed by atoms with E-state index in [0.717, 1.165) is 15.8 Å². The van der Waals surface area contributed by atoms with Gasteiger partial charge < -0.3 is 15.1 Å². The molecule has 0 atom stereocenters. The van der Waals surface area contributed by atoms with Gasteiger partial charge in [0.2, 0.25) is 5.91 Å². The molecule has 7 heteroatoms. The highest BCUT2D eigenvalue weighted by atomic mass is 79.9. The van der Waals surface area contributed by atoms with E-state index >= 15 is 0 Å². The second-order valence-electron chi connectivity index (χ2n) is 5.71. The number of amides is 2. The van der Waals surface area contributed by atoms with Gasteiger partial charge in [-0.3, -0.25) is 9.59 Å². The summed E-state index contributed by atoms with van der Waals surface area (Å²) < 4.78 is 7.42. The van der Waals surface area contributed by atoms with E-state index in [0.29, 0.717) is 15.8 Å². The van der Waals surface area contributed by atoms with E-state index in [2.05, 4.69) is 42.5 Å². The van der Waals surface area contributed by atoms with Crippen molar-refractivity contribution in [1.29, 1.82) is 0 Å². The molecule has 0 saturated carbocycles. The van der Waals surface area contributed by atoms with Crippen molar-refractivity contribution in [2.45, 2.75) is 6.54 Å². The molecule has 0 fully saturated rings. The molecule has 0 aliphatic heterocycles. The first-order chi connectivity index (χ1) is 13.0. The van der Waals surface area contributed by atoms with Crippen molar-refractivity contribution >= 4 is 43.7 Å². The molecule has 3 rings (SSSR count). The Morgan fingerprint density at radius 1 is 0.889 bits per heavy atom. The fourth-order valence-electron chi connectivity index (χ4n) is 2.39. The van der Waals surface area contributed by atoms with Crippen molar-refractivity contribution in [1.82, 2.24) is 10.6 Å². The number of carbonyl (C=O) groups is 2. The Labute approximate surface area is 173 Å². The highest BCUT2D eigenvalue weighted by Crippen LogP contribution is 2.23. The topological polar surface area (TPSA) is 71.3 Å². The molecule has 27 heavy (non-hydrogen) atoms. The molecule has 0 radical (unpaired) electrons. The lowest BCUT2D eigenvalue weighted by Crippen LogP contribution is -2.36. The monoisotopic (exact) mass is 490 g/mol. The number of nitrogens with one attached hydrogen (secondary N) is 2. The van der Waals surface area contributed by atoms with Crippen molar-refractivity contribution in [3.8, 4) is 11.3 Å². The lowest BCUT2D eigenvalue weighted by Gasteiger charge is -2.07. The van der Waals surface area contributed by atoms with Gasteiger partial charge in [0.05, 0.1) is 18.7 Å². The standard InChI is InChI=1S/C20H16Br2N2O3/c21-14-7-5-13(6-8-14)18-10-9-15(27-18)11-23-19(25)12-24-20(26)16-3-1-2-4-17(16)22/h1-10H,11-12H2,(H,23,25)(H,24,26). The van der Waals surface area contributed by atoms with Crippen LogP contribution in [0, 0.1) is 0 Å². The summed E-state index contributed by atoms with van der Waals surface area (Å²) in [6.07, 6.45) is 0. The Balaban J connectivity index is 1.49. The van der Waals surface area contributed by atoms with Gasteiger partial charge in [0, 0.05) is 14.5 Å². The maximum atomic E-state index is 12.1. The van der Waals surface area contributed by atoms with Gasteiger partial charge in [-0.2, -0.15) is 0 Å². The van der Waals surface area contributed by atoms with Gasteiger partial charge in [-0.15, -0.1) is 0 Å². The normalized spacial score (nSPS) is 10.4. The number of hydrogen-bond acceptors (Lipinski definition) is 3. The van der Waals surface area contributed by atoms with Gasteiger partial charge in [-0.05, 0) is 52.3 Å². The van der Waals surface area contributed by atoms with Gasteiger partial charge in [-0.1, -0.05) is 40.2 Å². The number of halogens is 2. The molecule has 0 bridgehead atoms. The molecule has 0 aliphatic rings. The number of benzene rings is 2. The summed E-state index contributed by atoms with van der Waals surface area (Å²) in [5.74, 6) is 0.762. The van der Waals surface area contributed by atoms with E-state index in [4.69, 9.17) is 4.42 Å². The zero-order chi connectivity index (χ0) is 19.2. The SMILES string of the molecule is O=C(CNC(=O)c1ccccc1Br)NCc1ccc(-c2ccc(Br)cc2)o1. The first kappa shape index (κ1) is 19.4. The summed E-state index contributed by atoms with van der Waals surface area (Å²) in [6, 6.07) is 18.5. The second-order valence-corrected chi connectivity index (χ2v) is 7.48. The second kappa shape index (κ2) is 9.01. The van der Waals surface area contributed by atoms with Crippen LogP contribution in [-0.2, 0) is 11.3 Å². The third-order valence-corrected chi connectivity index (χ3v) is 5.00. The minimum atomic E-state index is -0.312. The molecule has 0 aliphatic carbocycles. The lowest BCUT2D eigenvalue weighted by molar-refractivity contribution is -0.120. The van der Waals surface area contributed by atoms with Crippen LogP contribution in [-0.4, -0.2) is 18.4 Å². The molecule has 1 heterocycles. The molecule has 1 aromatic heterocycles. The van der Waals surface area contributed by atoms with Crippen LogP contribution in [0.3, 0.4) is 0 Å². The Morgan fingerprint density at radius 3 is 2.37 bits per heavy atom. The Hall–Kier alpha value is -2.38. The molecular formula is C20H16Br2N2O3. The van der Waals surface area contributed by atoms with Gasteiger partial charge >= 0.3 is 0 Å². The molecule has 2 aromatic carbocycles. The van der Waals surface area contributed by atoms with Crippen LogP contribution in [0.4, 0.5) is 0 Å². The minimum Gasteiger partial charge on any atom is -0.459 e. The van der Waals surface area contributed by atoms with E-state index < -0.39 is 0 Å². The highest BCUT2D eigenvalue weighted by Gasteiger charge is 2.11.